The smallest absolute Gasteiger partial charge is 0.252 e. The number of ether oxygens (including phenoxy) is 3. The highest BCUT2D eigenvalue weighted by Gasteiger charge is 2.52. The highest BCUT2D eigenvalue weighted by atomic mass is 35.5. The summed E-state index contributed by atoms with van der Waals surface area (Å²) in [6.45, 7) is 1.96. The number of carbonyl (C=O) groups is 1. The van der Waals surface area contributed by atoms with Gasteiger partial charge in [-0.2, -0.15) is 0 Å². The molecule has 5 heteroatoms. The van der Waals surface area contributed by atoms with Gasteiger partial charge < -0.3 is 14.2 Å². The molecule has 4 aliphatic rings. The van der Waals surface area contributed by atoms with Crippen molar-refractivity contribution in [3.63, 3.8) is 0 Å². The predicted octanol–water partition coefficient (Wildman–Crippen LogP) is 4.88. The van der Waals surface area contributed by atoms with Crippen molar-refractivity contribution in [2.24, 2.45) is 17.8 Å². The molecule has 0 N–H and O–H groups in total. The summed E-state index contributed by atoms with van der Waals surface area (Å²) in [6, 6.07) is 5.59. The molecule has 0 spiro atoms. The van der Waals surface area contributed by atoms with Crippen molar-refractivity contribution in [3.05, 3.63) is 29.3 Å². The zero-order valence-corrected chi connectivity index (χ0v) is 16.3. The molecule has 5 rings (SSSR count). The quantitative estimate of drug-likeness (QED) is 0.501. The highest BCUT2D eigenvalue weighted by molar-refractivity contribution is 6.67. The van der Waals surface area contributed by atoms with E-state index in [-0.39, 0.29) is 18.5 Å². The average Bonchev–Trinajstić information content (AvgIpc) is 2.60. The molecule has 1 aromatic rings. The van der Waals surface area contributed by atoms with Crippen molar-refractivity contribution < 1.29 is 19.0 Å². The first-order chi connectivity index (χ1) is 12.5. The van der Waals surface area contributed by atoms with Crippen LogP contribution in [-0.4, -0.2) is 25.4 Å². The van der Waals surface area contributed by atoms with Crippen LogP contribution >= 0.6 is 11.6 Å². The maximum atomic E-state index is 11.8. The standard InChI is InChI=1S/C21H27ClO4/c1-13(24-2)25-12-26-19-4-3-17(20(22)23)8-18(19)21-9-14-5-15(10-21)7-16(6-14)11-21/h3-4,8,13-16H,5-7,9-12H2,1-2H3. The molecule has 0 radical (unpaired) electrons. The van der Waals surface area contributed by atoms with Gasteiger partial charge in [-0.3, -0.25) is 4.79 Å². The van der Waals surface area contributed by atoms with Gasteiger partial charge in [0.1, 0.15) is 5.75 Å². The van der Waals surface area contributed by atoms with E-state index in [2.05, 4.69) is 0 Å². The van der Waals surface area contributed by atoms with Crippen LogP contribution in [0.15, 0.2) is 18.2 Å². The van der Waals surface area contributed by atoms with Gasteiger partial charge in [-0.1, -0.05) is 0 Å². The van der Waals surface area contributed by atoms with Crippen LogP contribution < -0.4 is 4.74 Å². The second kappa shape index (κ2) is 7.14. The van der Waals surface area contributed by atoms with E-state index in [0.717, 1.165) is 29.1 Å². The van der Waals surface area contributed by atoms with E-state index in [0.29, 0.717) is 5.56 Å². The van der Waals surface area contributed by atoms with Crippen LogP contribution in [-0.2, 0) is 14.9 Å². The van der Waals surface area contributed by atoms with Crippen LogP contribution in [0, 0.1) is 17.8 Å². The minimum atomic E-state index is -0.410. The summed E-state index contributed by atoms with van der Waals surface area (Å²) in [5, 5.41) is -0.410. The summed E-state index contributed by atoms with van der Waals surface area (Å²) in [6.07, 6.45) is 7.40. The van der Waals surface area contributed by atoms with Crippen molar-refractivity contribution in [1.82, 2.24) is 0 Å². The van der Waals surface area contributed by atoms with Gasteiger partial charge in [-0.15, -0.1) is 0 Å². The van der Waals surface area contributed by atoms with Gasteiger partial charge in [0.15, 0.2) is 13.1 Å². The van der Waals surface area contributed by atoms with E-state index in [1.807, 2.05) is 19.1 Å². The first kappa shape index (κ1) is 18.3. The number of carbonyl (C=O) groups excluding carboxylic acids is 1. The molecule has 142 valence electrons. The molecule has 1 aromatic carbocycles. The van der Waals surface area contributed by atoms with Gasteiger partial charge >= 0.3 is 0 Å². The number of methoxy groups -OCH3 is 1. The molecule has 0 amide bonds. The number of halogens is 1. The molecule has 4 saturated carbocycles. The number of hydrogen-bond donors (Lipinski definition) is 0. The molecule has 1 unspecified atom stereocenters. The zero-order valence-electron chi connectivity index (χ0n) is 15.5. The molecule has 4 aliphatic carbocycles. The van der Waals surface area contributed by atoms with Crippen LogP contribution in [0.2, 0.25) is 0 Å². The molecular formula is C21H27ClO4. The van der Waals surface area contributed by atoms with Crippen molar-refractivity contribution in [3.8, 4) is 5.75 Å². The summed E-state index contributed by atoms with van der Waals surface area (Å²) < 4.78 is 16.6. The maximum Gasteiger partial charge on any atom is 0.252 e. The van der Waals surface area contributed by atoms with Crippen LogP contribution in [0.4, 0.5) is 0 Å². The Kier molecular flexibility index (Phi) is 5.02. The molecule has 4 nitrogen and oxygen atoms in total. The first-order valence-electron chi connectivity index (χ1n) is 9.60. The summed E-state index contributed by atoms with van der Waals surface area (Å²) in [5.41, 5.74) is 1.83. The second-order valence-electron chi connectivity index (χ2n) is 8.41. The van der Waals surface area contributed by atoms with Gasteiger partial charge in [0.2, 0.25) is 0 Å². The maximum absolute atomic E-state index is 11.8. The van der Waals surface area contributed by atoms with E-state index >= 15 is 0 Å². The Labute approximate surface area is 160 Å². The van der Waals surface area contributed by atoms with Gasteiger partial charge in [0.05, 0.1) is 0 Å². The third-order valence-corrected chi connectivity index (χ3v) is 6.88. The number of hydrogen-bond acceptors (Lipinski definition) is 4. The Hall–Kier alpha value is -1.10. The Morgan fingerprint density at radius 1 is 1.19 bits per heavy atom. The second-order valence-corrected chi connectivity index (χ2v) is 8.76. The van der Waals surface area contributed by atoms with Crippen LogP contribution in [0.1, 0.15) is 61.4 Å². The molecule has 26 heavy (non-hydrogen) atoms. The lowest BCUT2D eigenvalue weighted by atomic mass is 9.48. The summed E-state index contributed by atoms with van der Waals surface area (Å²) in [7, 11) is 1.60. The van der Waals surface area contributed by atoms with Crippen LogP contribution in [0.25, 0.3) is 0 Å². The predicted molar refractivity (Wildman–Crippen MR) is 99.5 cm³/mol. The van der Waals surface area contributed by atoms with Gasteiger partial charge in [-0.05, 0) is 98.4 Å². The normalized spacial score (nSPS) is 33.3. The lowest BCUT2D eigenvalue weighted by Crippen LogP contribution is -2.48. The van der Waals surface area contributed by atoms with E-state index < -0.39 is 5.24 Å². The van der Waals surface area contributed by atoms with Gasteiger partial charge in [-0.25, -0.2) is 0 Å². The summed E-state index contributed by atoms with van der Waals surface area (Å²) in [4.78, 5) is 11.8. The summed E-state index contributed by atoms with van der Waals surface area (Å²) in [5.74, 6) is 3.26. The zero-order chi connectivity index (χ0) is 18.3. The van der Waals surface area contributed by atoms with Gasteiger partial charge in [0, 0.05) is 18.2 Å². The number of benzene rings is 1. The fourth-order valence-corrected chi connectivity index (χ4v) is 6.01. The molecule has 1 atom stereocenters. The molecule has 0 aliphatic heterocycles. The van der Waals surface area contributed by atoms with Crippen LogP contribution in [0.5, 0.6) is 5.75 Å². The molecule has 4 fully saturated rings. The monoisotopic (exact) mass is 378 g/mol. The lowest BCUT2D eigenvalue weighted by molar-refractivity contribution is -0.150. The minimum absolute atomic E-state index is 0.124. The molecule has 0 saturated heterocycles. The van der Waals surface area contributed by atoms with Crippen LogP contribution in [0.3, 0.4) is 0 Å². The molecule has 4 bridgehead atoms. The third-order valence-electron chi connectivity index (χ3n) is 6.67. The Morgan fingerprint density at radius 2 is 1.81 bits per heavy atom. The molecule has 0 heterocycles. The molecule has 0 aromatic heterocycles. The lowest BCUT2D eigenvalue weighted by Gasteiger charge is -2.57. The Morgan fingerprint density at radius 3 is 2.35 bits per heavy atom. The van der Waals surface area contributed by atoms with E-state index in [1.54, 1.807) is 13.2 Å². The van der Waals surface area contributed by atoms with Gasteiger partial charge in [0.25, 0.3) is 5.24 Å². The fraction of sp³-hybridized carbons (Fsp3) is 0.667. The third kappa shape index (κ3) is 3.39. The average molecular weight is 379 g/mol. The van der Waals surface area contributed by atoms with Crippen molar-refractivity contribution in [2.75, 3.05) is 13.9 Å². The first-order valence-corrected chi connectivity index (χ1v) is 9.98. The van der Waals surface area contributed by atoms with Crippen molar-refractivity contribution in [2.45, 2.75) is 57.2 Å². The topological polar surface area (TPSA) is 44.8 Å². The SMILES string of the molecule is COC(C)OCOc1ccc(C(=O)Cl)cc1C12CC3CC(CC(C3)C1)C2. The highest BCUT2D eigenvalue weighted by Crippen LogP contribution is 2.62. The van der Waals surface area contributed by atoms with E-state index in [9.17, 15) is 4.79 Å². The van der Waals surface area contributed by atoms with Crippen molar-refractivity contribution >= 4 is 16.8 Å². The minimum Gasteiger partial charge on any atom is -0.467 e. The van der Waals surface area contributed by atoms with E-state index in [4.69, 9.17) is 25.8 Å². The van der Waals surface area contributed by atoms with Crippen molar-refractivity contribution in [1.29, 1.82) is 0 Å². The summed E-state index contributed by atoms with van der Waals surface area (Å²) >= 11 is 5.78. The largest absolute Gasteiger partial charge is 0.467 e. The Balaban J connectivity index is 1.64. The van der Waals surface area contributed by atoms with E-state index in [1.165, 1.54) is 38.5 Å². The number of rotatable bonds is 7. The fourth-order valence-electron chi connectivity index (χ4n) is 5.89. The Bertz CT molecular complexity index is 651. The molecular weight excluding hydrogens is 352 g/mol.